The van der Waals surface area contributed by atoms with E-state index < -0.39 is 17.7 Å². The predicted molar refractivity (Wildman–Crippen MR) is 73.4 cm³/mol. The van der Waals surface area contributed by atoms with Crippen molar-refractivity contribution in [1.82, 2.24) is 0 Å². The molecule has 2 rings (SSSR count). The molecule has 2 aromatic rings. The third-order valence-electron chi connectivity index (χ3n) is 2.78. The lowest BCUT2D eigenvalue weighted by molar-refractivity contribution is -0.137. The fourth-order valence-corrected chi connectivity index (χ4v) is 1.67. The van der Waals surface area contributed by atoms with Crippen LogP contribution in [0.4, 0.5) is 24.5 Å². The second-order valence-electron chi connectivity index (χ2n) is 4.25. The maximum absolute atomic E-state index is 12.4. The van der Waals surface area contributed by atoms with E-state index in [0.29, 0.717) is 0 Å². The van der Waals surface area contributed by atoms with Crippen molar-refractivity contribution in [3.63, 3.8) is 0 Å². The van der Waals surface area contributed by atoms with Crippen LogP contribution in [-0.2, 0) is 10.9 Å². The Labute approximate surface area is 124 Å². The van der Waals surface area contributed by atoms with E-state index in [0.717, 1.165) is 12.1 Å². The number of rotatable bonds is 3. The Morgan fingerprint density at radius 2 is 1.64 bits per heavy atom. The number of alkyl halides is 3. The maximum atomic E-state index is 12.4. The average Bonchev–Trinajstić information content (AvgIpc) is 2.52. The summed E-state index contributed by atoms with van der Waals surface area (Å²) in [6.45, 7) is 0. The van der Waals surface area contributed by atoms with E-state index in [1.807, 2.05) is 0 Å². The molecule has 0 aliphatic carbocycles. The third-order valence-corrected chi connectivity index (χ3v) is 2.78. The van der Waals surface area contributed by atoms with E-state index in [9.17, 15) is 18.0 Å². The fourth-order valence-electron chi connectivity index (χ4n) is 1.67. The summed E-state index contributed by atoms with van der Waals surface area (Å²) in [6.07, 6.45) is -4.40. The summed E-state index contributed by atoms with van der Waals surface area (Å²) in [7, 11) is 1.24. The molecule has 0 atom stereocenters. The molecule has 0 radical (unpaired) electrons. The summed E-state index contributed by atoms with van der Waals surface area (Å²) < 4.78 is 42.0. The van der Waals surface area contributed by atoms with Crippen molar-refractivity contribution in [2.24, 2.45) is 10.2 Å². The van der Waals surface area contributed by atoms with Crippen molar-refractivity contribution in [2.75, 3.05) is 7.11 Å². The number of nitrogens with zero attached hydrogens (tertiary/aromatic N) is 2. The van der Waals surface area contributed by atoms with Gasteiger partial charge in [-0.2, -0.15) is 18.3 Å². The first kappa shape index (κ1) is 15.7. The number of esters is 1. The van der Waals surface area contributed by atoms with Gasteiger partial charge in [0.25, 0.3) is 0 Å². The van der Waals surface area contributed by atoms with Gasteiger partial charge in [-0.3, -0.25) is 0 Å². The molecule has 0 amide bonds. The average molecular weight is 308 g/mol. The lowest BCUT2D eigenvalue weighted by atomic mass is 10.2. The number of carbonyl (C=O) groups is 1. The van der Waals surface area contributed by atoms with Gasteiger partial charge < -0.3 is 4.74 Å². The molecule has 0 aliphatic rings. The number of benzene rings is 2. The summed E-state index contributed by atoms with van der Waals surface area (Å²) in [5.74, 6) is -0.568. The van der Waals surface area contributed by atoms with Crippen LogP contribution in [0.5, 0.6) is 0 Å². The standard InChI is InChI=1S/C15H11F3N2O2/c1-22-14(21)12-4-2-3-5-13(12)20-19-11-8-6-10(7-9-11)15(16,17)18/h2-9H,1H3. The quantitative estimate of drug-likeness (QED) is 0.597. The third kappa shape index (κ3) is 3.69. The number of methoxy groups -OCH3 is 1. The monoisotopic (exact) mass is 308 g/mol. The van der Waals surface area contributed by atoms with Crippen LogP contribution in [0.25, 0.3) is 0 Å². The molecular weight excluding hydrogens is 297 g/mol. The molecule has 0 unspecified atom stereocenters. The normalized spacial score (nSPS) is 11.6. The van der Waals surface area contributed by atoms with Crippen LogP contribution in [-0.4, -0.2) is 13.1 Å². The molecule has 114 valence electrons. The Balaban J connectivity index is 2.24. The van der Waals surface area contributed by atoms with E-state index in [-0.39, 0.29) is 16.9 Å². The second kappa shape index (κ2) is 6.38. The van der Waals surface area contributed by atoms with Crippen molar-refractivity contribution >= 4 is 17.3 Å². The number of halogens is 3. The van der Waals surface area contributed by atoms with Gasteiger partial charge in [0.2, 0.25) is 0 Å². The van der Waals surface area contributed by atoms with Gasteiger partial charge in [-0.05, 0) is 36.4 Å². The number of azo groups is 1. The Morgan fingerprint density at radius 3 is 2.23 bits per heavy atom. The highest BCUT2D eigenvalue weighted by atomic mass is 19.4. The van der Waals surface area contributed by atoms with Crippen LogP contribution in [0.15, 0.2) is 58.8 Å². The van der Waals surface area contributed by atoms with Crippen molar-refractivity contribution in [1.29, 1.82) is 0 Å². The molecule has 22 heavy (non-hydrogen) atoms. The summed E-state index contributed by atoms with van der Waals surface area (Å²) in [5, 5.41) is 7.71. The van der Waals surface area contributed by atoms with Crippen LogP contribution in [0.2, 0.25) is 0 Å². The lowest BCUT2D eigenvalue weighted by Gasteiger charge is -2.05. The number of hydrogen-bond acceptors (Lipinski definition) is 4. The molecule has 7 heteroatoms. The molecule has 0 aromatic heterocycles. The zero-order valence-corrected chi connectivity index (χ0v) is 11.5. The summed E-state index contributed by atoms with van der Waals surface area (Å²) >= 11 is 0. The smallest absolute Gasteiger partial charge is 0.416 e. The summed E-state index contributed by atoms with van der Waals surface area (Å²) in [4.78, 5) is 11.6. The van der Waals surface area contributed by atoms with Crippen LogP contribution in [0.3, 0.4) is 0 Å². The van der Waals surface area contributed by atoms with Crippen molar-refractivity contribution in [3.8, 4) is 0 Å². The van der Waals surface area contributed by atoms with E-state index in [1.165, 1.54) is 25.3 Å². The topological polar surface area (TPSA) is 51.0 Å². The van der Waals surface area contributed by atoms with Gasteiger partial charge in [0.15, 0.2) is 0 Å². The largest absolute Gasteiger partial charge is 0.465 e. The molecule has 0 fully saturated rings. The maximum Gasteiger partial charge on any atom is 0.416 e. The molecule has 4 nitrogen and oxygen atoms in total. The molecule has 0 saturated heterocycles. The zero-order valence-electron chi connectivity index (χ0n) is 11.5. The van der Waals surface area contributed by atoms with Crippen molar-refractivity contribution < 1.29 is 22.7 Å². The minimum Gasteiger partial charge on any atom is -0.465 e. The van der Waals surface area contributed by atoms with E-state index in [1.54, 1.807) is 18.2 Å². The Kier molecular flexibility index (Phi) is 4.55. The first-order valence-electron chi connectivity index (χ1n) is 6.18. The first-order valence-corrected chi connectivity index (χ1v) is 6.18. The summed E-state index contributed by atoms with van der Waals surface area (Å²) in [5.41, 5.74) is -0.0241. The van der Waals surface area contributed by atoms with Gasteiger partial charge in [-0.1, -0.05) is 12.1 Å². The lowest BCUT2D eigenvalue weighted by Crippen LogP contribution is -2.03. The molecule has 0 heterocycles. The van der Waals surface area contributed by atoms with Gasteiger partial charge in [-0.15, -0.1) is 5.11 Å². The second-order valence-corrected chi connectivity index (χ2v) is 4.25. The van der Waals surface area contributed by atoms with Crippen LogP contribution >= 0.6 is 0 Å². The number of hydrogen-bond donors (Lipinski definition) is 0. The number of ether oxygens (including phenoxy) is 1. The van der Waals surface area contributed by atoms with Gasteiger partial charge in [0, 0.05) is 0 Å². The fraction of sp³-hybridized carbons (Fsp3) is 0.133. The summed E-state index contributed by atoms with van der Waals surface area (Å²) in [6, 6.07) is 10.6. The van der Waals surface area contributed by atoms with Gasteiger partial charge in [0.05, 0.1) is 23.9 Å². The van der Waals surface area contributed by atoms with Crippen molar-refractivity contribution in [3.05, 3.63) is 59.7 Å². The molecule has 0 saturated carbocycles. The Hall–Kier alpha value is -2.70. The van der Waals surface area contributed by atoms with Gasteiger partial charge in [0.1, 0.15) is 5.69 Å². The van der Waals surface area contributed by atoms with Crippen LogP contribution < -0.4 is 0 Å². The predicted octanol–water partition coefficient (Wildman–Crippen LogP) is 4.91. The first-order chi connectivity index (χ1) is 10.4. The zero-order chi connectivity index (χ0) is 16.2. The Morgan fingerprint density at radius 1 is 1.00 bits per heavy atom. The molecule has 0 N–H and O–H groups in total. The highest BCUT2D eigenvalue weighted by Crippen LogP contribution is 2.31. The van der Waals surface area contributed by atoms with E-state index in [2.05, 4.69) is 15.0 Å². The SMILES string of the molecule is COC(=O)c1ccccc1N=Nc1ccc(C(F)(F)F)cc1. The number of carbonyl (C=O) groups excluding carboxylic acids is 1. The molecular formula is C15H11F3N2O2. The molecule has 0 spiro atoms. The van der Waals surface area contributed by atoms with Gasteiger partial charge >= 0.3 is 12.1 Å². The minimum absolute atomic E-state index is 0.223. The molecule has 0 aliphatic heterocycles. The van der Waals surface area contributed by atoms with Gasteiger partial charge in [-0.25, -0.2) is 4.79 Å². The van der Waals surface area contributed by atoms with E-state index in [4.69, 9.17) is 0 Å². The van der Waals surface area contributed by atoms with Crippen LogP contribution in [0.1, 0.15) is 15.9 Å². The minimum atomic E-state index is -4.40. The highest BCUT2D eigenvalue weighted by Gasteiger charge is 2.29. The Bertz CT molecular complexity index is 695. The van der Waals surface area contributed by atoms with E-state index >= 15 is 0 Å². The van der Waals surface area contributed by atoms with Crippen molar-refractivity contribution in [2.45, 2.75) is 6.18 Å². The molecule has 2 aromatic carbocycles. The van der Waals surface area contributed by atoms with Crippen LogP contribution in [0, 0.1) is 0 Å². The molecule has 0 bridgehead atoms. The highest BCUT2D eigenvalue weighted by molar-refractivity contribution is 5.94.